The Morgan fingerprint density at radius 2 is 1.78 bits per heavy atom. The standard InChI is InChI=1S/C19H17N3O4S/c1-12-9-17(18(20)21-11-12)27(25,26)22-16-10-14(7-8-15(16)19(23)24)13-5-3-2-4-6-13/h2-11,22H,1H3,(H2,20,21)(H,23,24)/p+1. The van der Waals surface area contributed by atoms with Crippen LogP contribution in [-0.4, -0.2) is 19.5 Å². The van der Waals surface area contributed by atoms with Crippen LogP contribution in [-0.2, 0) is 10.0 Å². The molecule has 8 heteroatoms. The highest BCUT2D eigenvalue weighted by molar-refractivity contribution is 7.92. The van der Waals surface area contributed by atoms with E-state index in [-0.39, 0.29) is 22.0 Å². The lowest BCUT2D eigenvalue weighted by Crippen LogP contribution is -2.22. The molecule has 0 fully saturated rings. The zero-order chi connectivity index (χ0) is 19.6. The summed E-state index contributed by atoms with van der Waals surface area (Å²) in [4.78, 5) is 14.1. The number of carbonyl (C=O) groups is 1. The van der Waals surface area contributed by atoms with Crippen LogP contribution in [0.2, 0.25) is 0 Å². The first kappa shape index (κ1) is 18.4. The van der Waals surface area contributed by atoms with Crippen molar-refractivity contribution in [1.82, 2.24) is 0 Å². The zero-order valence-corrected chi connectivity index (χ0v) is 15.2. The maximum Gasteiger partial charge on any atom is 0.337 e. The number of aromatic carboxylic acids is 1. The molecule has 0 aliphatic carbocycles. The van der Waals surface area contributed by atoms with Crippen molar-refractivity contribution in [3.05, 3.63) is 71.9 Å². The smallest absolute Gasteiger partial charge is 0.337 e. The molecule has 3 aromatic rings. The van der Waals surface area contributed by atoms with E-state index in [2.05, 4.69) is 9.71 Å². The summed E-state index contributed by atoms with van der Waals surface area (Å²) in [6, 6.07) is 15.1. The van der Waals surface area contributed by atoms with Crippen LogP contribution in [0.15, 0.2) is 65.7 Å². The van der Waals surface area contributed by atoms with Crippen LogP contribution in [0.25, 0.3) is 11.1 Å². The first-order valence-electron chi connectivity index (χ1n) is 8.01. The number of aryl methyl sites for hydroxylation is 1. The van der Waals surface area contributed by atoms with E-state index in [1.165, 1.54) is 18.2 Å². The van der Waals surface area contributed by atoms with Gasteiger partial charge in [0, 0.05) is 0 Å². The minimum atomic E-state index is -4.09. The largest absolute Gasteiger partial charge is 0.478 e. The van der Waals surface area contributed by atoms with Crippen LogP contribution < -0.4 is 15.4 Å². The fourth-order valence-electron chi connectivity index (χ4n) is 2.64. The molecule has 138 valence electrons. The second-order valence-corrected chi connectivity index (χ2v) is 7.64. The number of nitrogen functional groups attached to an aromatic ring is 1. The fourth-order valence-corrected chi connectivity index (χ4v) is 3.89. The van der Waals surface area contributed by atoms with E-state index >= 15 is 0 Å². The van der Waals surface area contributed by atoms with Crippen LogP contribution in [0.1, 0.15) is 15.9 Å². The molecular weight excluding hydrogens is 366 g/mol. The highest BCUT2D eigenvalue weighted by Crippen LogP contribution is 2.28. The summed E-state index contributed by atoms with van der Waals surface area (Å²) in [7, 11) is -4.09. The van der Waals surface area contributed by atoms with E-state index in [9.17, 15) is 18.3 Å². The Morgan fingerprint density at radius 3 is 2.44 bits per heavy atom. The summed E-state index contributed by atoms with van der Waals surface area (Å²) in [6.07, 6.45) is 1.58. The van der Waals surface area contributed by atoms with E-state index < -0.39 is 16.0 Å². The molecule has 7 nitrogen and oxygen atoms in total. The fraction of sp³-hybridized carbons (Fsp3) is 0.0526. The number of benzene rings is 2. The second-order valence-electron chi connectivity index (χ2n) is 5.99. The average Bonchev–Trinajstić information content (AvgIpc) is 2.63. The minimum Gasteiger partial charge on any atom is -0.478 e. The molecule has 0 radical (unpaired) electrons. The van der Waals surface area contributed by atoms with E-state index in [1.54, 1.807) is 19.2 Å². The molecule has 0 atom stereocenters. The SMILES string of the molecule is Cc1c[nH+]c(N)c(S(=O)(=O)Nc2cc(-c3ccccc3)ccc2C(=O)O)c1. The molecule has 0 amide bonds. The summed E-state index contributed by atoms with van der Waals surface area (Å²) in [6.45, 7) is 1.72. The molecule has 0 aliphatic rings. The van der Waals surface area contributed by atoms with Crippen molar-refractivity contribution in [2.45, 2.75) is 11.8 Å². The Morgan fingerprint density at radius 1 is 1.07 bits per heavy atom. The van der Waals surface area contributed by atoms with Gasteiger partial charge in [0.2, 0.25) is 0 Å². The summed E-state index contributed by atoms with van der Waals surface area (Å²) in [5.41, 5.74) is 7.74. The van der Waals surface area contributed by atoms with E-state index in [0.29, 0.717) is 11.1 Å². The molecule has 0 saturated carbocycles. The number of nitrogens with one attached hydrogen (secondary N) is 2. The Balaban J connectivity index is 2.09. The molecule has 27 heavy (non-hydrogen) atoms. The third-order valence-corrected chi connectivity index (χ3v) is 5.38. The van der Waals surface area contributed by atoms with Crippen LogP contribution >= 0.6 is 0 Å². The summed E-state index contributed by atoms with van der Waals surface area (Å²) in [5, 5.41) is 9.43. The Kier molecular flexibility index (Phi) is 4.83. The monoisotopic (exact) mass is 384 g/mol. The lowest BCUT2D eigenvalue weighted by Gasteiger charge is -2.13. The van der Waals surface area contributed by atoms with E-state index in [1.807, 2.05) is 30.3 Å². The molecule has 2 aromatic carbocycles. The quantitative estimate of drug-likeness (QED) is 0.624. The Hall–Kier alpha value is -3.39. The molecule has 5 N–H and O–H groups in total. The van der Waals surface area contributed by atoms with Crippen molar-refractivity contribution in [2.75, 3.05) is 10.5 Å². The maximum atomic E-state index is 12.8. The number of hydrogen-bond donors (Lipinski definition) is 3. The molecule has 0 unspecified atom stereocenters. The van der Waals surface area contributed by atoms with Gasteiger partial charge in [-0.15, -0.1) is 0 Å². The van der Waals surface area contributed by atoms with Crippen molar-refractivity contribution in [3.63, 3.8) is 0 Å². The highest BCUT2D eigenvalue weighted by atomic mass is 32.2. The predicted molar refractivity (Wildman–Crippen MR) is 102 cm³/mol. The van der Waals surface area contributed by atoms with Crippen LogP contribution in [0.3, 0.4) is 0 Å². The Bertz CT molecular complexity index is 1110. The van der Waals surface area contributed by atoms with Crippen LogP contribution in [0.4, 0.5) is 11.5 Å². The second kappa shape index (κ2) is 7.08. The third kappa shape index (κ3) is 3.90. The van der Waals surface area contributed by atoms with Gasteiger partial charge in [0.05, 0.1) is 17.4 Å². The Labute approximate surface area is 156 Å². The number of rotatable bonds is 5. The van der Waals surface area contributed by atoms with Crippen LogP contribution in [0.5, 0.6) is 0 Å². The molecule has 0 aliphatic heterocycles. The molecule has 0 spiro atoms. The average molecular weight is 384 g/mol. The van der Waals surface area contributed by atoms with Crippen molar-refractivity contribution >= 4 is 27.5 Å². The van der Waals surface area contributed by atoms with Crippen molar-refractivity contribution < 1.29 is 23.3 Å². The van der Waals surface area contributed by atoms with Gasteiger partial charge in [0.1, 0.15) is 0 Å². The van der Waals surface area contributed by atoms with Gasteiger partial charge in [-0.1, -0.05) is 36.4 Å². The van der Waals surface area contributed by atoms with Gasteiger partial charge in [-0.25, -0.2) is 18.2 Å². The van der Waals surface area contributed by atoms with Gasteiger partial charge >= 0.3 is 5.97 Å². The van der Waals surface area contributed by atoms with Crippen molar-refractivity contribution in [1.29, 1.82) is 0 Å². The number of nitrogens with two attached hydrogens (primary N) is 1. The number of carboxylic acid groups (broad SMARTS) is 1. The number of aromatic nitrogens is 1. The first-order valence-corrected chi connectivity index (χ1v) is 9.49. The van der Waals surface area contributed by atoms with Crippen molar-refractivity contribution in [3.8, 4) is 11.1 Å². The third-order valence-electron chi connectivity index (χ3n) is 3.97. The van der Waals surface area contributed by atoms with E-state index in [4.69, 9.17) is 5.73 Å². The number of aromatic amines is 1. The lowest BCUT2D eigenvalue weighted by atomic mass is 10.0. The predicted octanol–water partition coefficient (Wildman–Crippen LogP) is 2.56. The molecule has 1 heterocycles. The lowest BCUT2D eigenvalue weighted by molar-refractivity contribution is -0.363. The van der Waals surface area contributed by atoms with Crippen molar-refractivity contribution in [2.24, 2.45) is 0 Å². The normalized spacial score (nSPS) is 11.1. The van der Waals surface area contributed by atoms with Crippen LogP contribution in [0, 0.1) is 6.92 Å². The summed E-state index contributed by atoms with van der Waals surface area (Å²) >= 11 is 0. The molecule has 0 saturated heterocycles. The topological polar surface area (TPSA) is 124 Å². The summed E-state index contributed by atoms with van der Waals surface area (Å²) < 4.78 is 27.9. The molecule has 1 aromatic heterocycles. The molecular formula is C19H18N3O4S+. The molecule has 0 bridgehead atoms. The maximum absolute atomic E-state index is 12.8. The van der Waals surface area contributed by atoms with Gasteiger partial charge < -0.3 is 5.11 Å². The van der Waals surface area contributed by atoms with E-state index in [0.717, 1.165) is 5.56 Å². The molecule has 3 rings (SSSR count). The number of pyridine rings is 1. The number of H-pyrrole nitrogens is 1. The number of anilines is 2. The van der Waals surface area contributed by atoms with Gasteiger partial charge in [0.25, 0.3) is 15.8 Å². The number of hydrogen-bond acceptors (Lipinski definition) is 4. The van der Waals surface area contributed by atoms with Gasteiger partial charge in [0.15, 0.2) is 4.90 Å². The minimum absolute atomic E-state index is 0.0373. The summed E-state index contributed by atoms with van der Waals surface area (Å²) in [5.74, 6) is -1.28. The zero-order valence-electron chi connectivity index (χ0n) is 14.4. The number of sulfonamides is 1. The first-order chi connectivity index (χ1) is 12.8. The highest BCUT2D eigenvalue weighted by Gasteiger charge is 2.24. The number of carboxylic acids is 1. The van der Waals surface area contributed by atoms with Gasteiger partial charge in [-0.05, 0) is 41.8 Å². The van der Waals surface area contributed by atoms with Gasteiger partial charge in [-0.2, -0.15) is 0 Å². The van der Waals surface area contributed by atoms with Gasteiger partial charge in [-0.3, -0.25) is 10.5 Å².